The molecule has 0 unspecified atom stereocenters. The minimum Gasteiger partial charge on any atom is -0.494 e. The molecule has 0 bridgehead atoms. The van der Waals surface area contributed by atoms with Crippen LogP contribution in [-0.2, 0) is 16.1 Å². The summed E-state index contributed by atoms with van der Waals surface area (Å²) in [4.78, 5) is 28.2. The summed E-state index contributed by atoms with van der Waals surface area (Å²) in [6.07, 6.45) is 0.934. The summed E-state index contributed by atoms with van der Waals surface area (Å²) in [5, 5.41) is 0.197. The summed E-state index contributed by atoms with van der Waals surface area (Å²) in [7, 11) is 0. The molecule has 2 aromatic carbocycles. The van der Waals surface area contributed by atoms with Gasteiger partial charge >= 0.3 is 0 Å². The summed E-state index contributed by atoms with van der Waals surface area (Å²) in [6, 6.07) is 15.3. The molecule has 1 aliphatic heterocycles. The number of hydrogen-bond donors (Lipinski definition) is 0. The number of amides is 2. The van der Waals surface area contributed by atoms with E-state index in [2.05, 4.69) is 6.92 Å². The number of aryl methyl sites for hydroxylation is 1. The van der Waals surface area contributed by atoms with Crippen LogP contribution in [0.4, 0.5) is 0 Å². The Balaban J connectivity index is 1.91. The number of imide groups is 1. The molecule has 0 saturated heterocycles. The first-order valence-corrected chi connectivity index (χ1v) is 10.8. The molecule has 0 radical (unpaired) electrons. The fourth-order valence-electron chi connectivity index (χ4n) is 3.11. The van der Waals surface area contributed by atoms with Gasteiger partial charge in [0.25, 0.3) is 11.8 Å². The van der Waals surface area contributed by atoms with E-state index >= 15 is 0 Å². The first-order valence-electron chi connectivity index (χ1n) is 9.96. The topological polar surface area (TPSA) is 46.6 Å². The van der Waals surface area contributed by atoms with Gasteiger partial charge in [-0.25, -0.2) is 0 Å². The van der Waals surface area contributed by atoms with Gasteiger partial charge in [0.2, 0.25) is 0 Å². The number of carbonyl (C=O) groups excluding carboxylic acids is 2. The molecule has 29 heavy (non-hydrogen) atoms. The smallest absolute Gasteiger partial charge is 0.268 e. The predicted molar refractivity (Wildman–Crippen MR) is 119 cm³/mol. The molecule has 0 aromatic heterocycles. The van der Waals surface area contributed by atoms with Crippen molar-refractivity contribution in [3.05, 3.63) is 70.1 Å². The molecule has 152 valence electrons. The zero-order valence-electron chi connectivity index (χ0n) is 17.4. The third-order valence-corrected chi connectivity index (χ3v) is 5.64. The number of rotatable bonds is 8. The number of nitrogens with zero attached hydrogens (tertiary/aromatic N) is 1. The maximum absolute atomic E-state index is 13.2. The largest absolute Gasteiger partial charge is 0.494 e. The lowest BCUT2D eigenvalue weighted by molar-refractivity contribution is -0.137. The van der Waals surface area contributed by atoms with Crippen molar-refractivity contribution < 1.29 is 14.3 Å². The van der Waals surface area contributed by atoms with E-state index in [0.717, 1.165) is 28.9 Å². The second kappa shape index (κ2) is 9.31. The highest BCUT2D eigenvalue weighted by Crippen LogP contribution is 2.38. The zero-order valence-corrected chi connectivity index (χ0v) is 18.2. The first kappa shape index (κ1) is 21.2. The van der Waals surface area contributed by atoms with Crippen LogP contribution in [-0.4, -0.2) is 28.6 Å². The second-order valence-corrected chi connectivity index (χ2v) is 9.01. The van der Waals surface area contributed by atoms with E-state index in [1.807, 2.05) is 69.3 Å². The molecular weight excluding hydrogens is 382 g/mol. The molecule has 2 amide bonds. The molecule has 0 N–H and O–H groups in total. The minimum atomic E-state index is -0.235. The number of benzene rings is 2. The highest BCUT2D eigenvalue weighted by molar-refractivity contribution is 8.04. The Morgan fingerprint density at radius 3 is 2.21 bits per heavy atom. The Morgan fingerprint density at radius 1 is 0.966 bits per heavy atom. The fourth-order valence-corrected chi connectivity index (χ4v) is 4.12. The van der Waals surface area contributed by atoms with Gasteiger partial charge in [-0.1, -0.05) is 62.7 Å². The molecule has 1 heterocycles. The van der Waals surface area contributed by atoms with Crippen molar-refractivity contribution in [2.75, 3.05) is 6.61 Å². The molecule has 0 atom stereocenters. The highest BCUT2D eigenvalue weighted by atomic mass is 32.2. The summed E-state index contributed by atoms with van der Waals surface area (Å²) >= 11 is 1.45. The molecule has 0 aliphatic carbocycles. The van der Waals surface area contributed by atoms with Crippen molar-refractivity contribution in [1.82, 2.24) is 4.90 Å². The van der Waals surface area contributed by atoms with Gasteiger partial charge in [-0.15, -0.1) is 11.8 Å². The SMILES string of the molecule is CCCOc1ccc(C2=C(SC(C)C)C(=O)N(Cc3ccc(C)cc3)C2=O)cc1. The first-order chi connectivity index (χ1) is 13.9. The molecule has 0 spiro atoms. The van der Waals surface area contributed by atoms with Crippen LogP contribution in [0.25, 0.3) is 5.57 Å². The van der Waals surface area contributed by atoms with Gasteiger partial charge in [-0.2, -0.15) is 0 Å². The van der Waals surface area contributed by atoms with Crippen molar-refractivity contribution in [3.63, 3.8) is 0 Å². The Kier molecular flexibility index (Phi) is 6.80. The normalized spacial score (nSPS) is 14.3. The van der Waals surface area contributed by atoms with Crippen LogP contribution in [0.5, 0.6) is 5.75 Å². The third-order valence-electron chi connectivity index (χ3n) is 4.56. The molecule has 2 aromatic rings. The summed E-state index contributed by atoms with van der Waals surface area (Å²) in [5.74, 6) is 0.319. The molecule has 4 nitrogen and oxygen atoms in total. The summed E-state index contributed by atoms with van der Waals surface area (Å²) < 4.78 is 5.64. The number of hydrogen-bond acceptors (Lipinski definition) is 4. The Hall–Kier alpha value is -2.53. The van der Waals surface area contributed by atoms with Gasteiger partial charge in [-0.3, -0.25) is 14.5 Å². The van der Waals surface area contributed by atoms with E-state index in [9.17, 15) is 9.59 Å². The maximum Gasteiger partial charge on any atom is 0.268 e. The summed E-state index contributed by atoms with van der Waals surface area (Å²) in [5.41, 5.74) is 3.33. The van der Waals surface area contributed by atoms with Crippen LogP contribution in [0.3, 0.4) is 0 Å². The Morgan fingerprint density at radius 2 is 1.62 bits per heavy atom. The van der Waals surface area contributed by atoms with Gasteiger partial charge in [0.1, 0.15) is 5.75 Å². The lowest BCUT2D eigenvalue weighted by Crippen LogP contribution is -2.31. The van der Waals surface area contributed by atoms with E-state index < -0.39 is 0 Å². The lowest BCUT2D eigenvalue weighted by atomic mass is 10.1. The Labute approximate surface area is 176 Å². The average Bonchev–Trinajstić information content (AvgIpc) is 2.92. The van der Waals surface area contributed by atoms with Crippen LogP contribution >= 0.6 is 11.8 Å². The lowest BCUT2D eigenvalue weighted by Gasteiger charge is -2.15. The van der Waals surface area contributed by atoms with Crippen LogP contribution in [0.15, 0.2) is 53.4 Å². The molecule has 0 saturated carbocycles. The van der Waals surface area contributed by atoms with Crippen molar-refractivity contribution in [3.8, 4) is 5.75 Å². The van der Waals surface area contributed by atoms with Crippen molar-refractivity contribution >= 4 is 29.1 Å². The van der Waals surface area contributed by atoms with E-state index in [4.69, 9.17) is 4.74 Å². The molecule has 1 aliphatic rings. The van der Waals surface area contributed by atoms with Gasteiger partial charge in [0, 0.05) is 5.25 Å². The molecule has 5 heteroatoms. The number of thioether (sulfide) groups is 1. The second-order valence-electron chi connectivity index (χ2n) is 7.43. The van der Waals surface area contributed by atoms with Crippen molar-refractivity contribution in [2.45, 2.75) is 45.9 Å². The maximum atomic E-state index is 13.2. The van der Waals surface area contributed by atoms with E-state index in [0.29, 0.717) is 17.1 Å². The van der Waals surface area contributed by atoms with Crippen LogP contribution < -0.4 is 4.74 Å². The van der Waals surface area contributed by atoms with Crippen molar-refractivity contribution in [2.24, 2.45) is 0 Å². The van der Waals surface area contributed by atoms with Gasteiger partial charge in [0.05, 0.1) is 23.6 Å². The molecule has 0 fully saturated rings. The number of ether oxygens (including phenoxy) is 1. The fraction of sp³-hybridized carbons (Fsp3) is 0.333. The van der Waals surface area contributed by atoms with Crippen LogP contribution in [0.1, 0.15) is 43.9 Å². The highest BCUT2D eigenvalue weighted by Gasteiger charge is 2.39. The van der Waals surface area contributed by atoms with E-state index in [1.165, 1.54) is 16.7 Å². The Bertz CT molecular complexity index is 914. The molecule has 3 rings (SSSR count). The van der Waals surface area contributed by atoms with Crippen LogP contribution in [0.2, 0.25) is 0 Å². The third kappa shape index (κ3) is 4.91. The molecular formula is C24H27NO3S. The van der Waals surface area contributed by atoms with E-state index in [-0.39, 0.29) is 23.6 Å². The monoisotopic (exact) mass is 409 g/mol. The summed E-state index contributed by atoms with van der Waals surface area (Å²) in [6.45, 7) is 9.05. The predicted octanol–water partition coefficient (Wildman–Crippen LogP) is 5.21. The average molecular weight is 410 g/mol. The van der Waals surface area contributed by atoms with E-state index in [1.54, 1.807) is 0 Å². The van der Waals surface area contributed by atoms with Gasteiger partial charge in [0.15, 0.2) is 0 Å². The minimum absolute atomic E-state index is 0.197. The standard InChI is InChI=1S/C24H27NO3S/c1-5-14-28-20-12-10-19(11-13-20)21-22(29-16(2)3)24(27)25(23(21)26)15-18-8-6-17(4)7-9-18/h6-13,16H,5,14-15H2,1-4H3. The van der Waals surface area contributed by atoms with Crippen molar-refractivity contribution in [1.29, 1.82) is 0 Å². The van der Waals surface area contributed by atoms with Crippen LogP contribution in [0, 0.1) is 6.92 Å². The zero-order chi connectivity index (χ0) is 21.0. The van der Waals surface area contributed by atoms with Gasteiger partial charge in [-0.05, 0) is 36.6 Å². The number of carbonyl (C=O) groups is 2. The quantitative estimate of drug-likeness (QED) is 0.562. The van der Waals surface area contributed by atoms with Gasteiger partial charge < -0.3 is 4.74 Å².